The van der Waals surface area contributed by atoms with Crippen molar-refractivity contribution in [2.75, 3.05) is 0 Å². The van der Waals surface area contributed by atoms with Gasteiger partial charge in [0.2, 0.25) is 0 Å². The molecule has 9 aromatic carbocycles. The number of hydrogen-bond donors (Lipinski definition) is 0. The van der Waals surface area contributed by atoms with Gasteiger partial charge in [0.25, 0.3) is 0 Å². The number of benzene rings is 9. The maximum atomic E-state index is 10.0. The van der Waals surface area contributed by atoms with Crippen LogP contribution in [0.2, 0.25) is 0 Å². The monoisotopic (exact) mass is 744 g/mol. The summed E-state index contributed by atoms with van der Waals surface area (Å²) in [6.45, 7) is 0. The molecule has 0 aliphatic carbocycles. The molecule has 57 heavy (non-hydrogen) atoms. The van der Waals surface area contributed by atoms with Gasteiger partial charge in [-0.25, -0.2) is 0 Å². The Hall–Kier alpha value is -7.62. The van der Waals surface area contributed by atoms with Gasteiger partial charge in [0.15, 0.2) is 0 Å². The molecule has 0 bridgehead atoms. The quantitative estimate of drug-likeness (QED) is 0.167. The molecule has 3 aromatic heterocycles. The first-order valence-electron chi connectivity index (χ1n) is 27.6. The van der Waals surface area contributed by atoms with Gasteiger partial charge in [-0.3, -0.25) is 0 Å². The summed E-state index contributed by atoms with van der Waals surface area (Å²) in [5, 5.41) is 0.206. The zero-order valence-electron chi connectivity index (χ0n) is 48.6. The van der Waals surface area contributed by atoms with Gasteiger partial charge in [-0.05, 0) is 95.4 Å². The summed E-state index contributed by atoms with van der Waals surface area (Å²) in [5.41, 5.74) is 1.03. The van der Waals surface area contributed by atoms with E-state index in [0.717, 1.165) is 5.56 Å². The van der Waals surface area contributed by atoms with Crippen LogP contribution in [0.1, 0.15) is 26.0 Å². The van der Waals surface area contributed by atoms with Crippen molar-refractivity contribution in [3.8, 4) is 39.3 Å². The van der Waals surface area contributed by atoms with Gasteiger partial charge in [-0.2, -0.15) is 0 Å². The van der Waals surface area contributed by atoms with Gasteiger partial charge < -0.3 is 13.7 Å². The van der Waals surface area contributed by atoms with E-state index in [1.54, 1.807) is 66.7 Å². The molecule has 12 rings (SSSR count). The highest BCUT2D eigenvalue weighted by atomic mass is 15.0. The normalized spacial score (nSPS) is 16.5. The third-order valence-electron chi connectivity index (χ3n) is 10.4. The summed E-state index contributed by atoms with van der Waals surface area (Å²) in [4.78, 5) is 0. The Morgan fingerprint density at radius 3 is 1.63 bits per heavy atom. The summed E-state index contributed by atoms with van der Waals surface area (Å²) >= 11 is 0. The van der Waals surface area contributed by atoms with E-state index in [1.807, 2.05) is 30.3 Å². The molecule has 12 aromatic rings. The first kappa shape index (κ1) is 18.3. The first-order valence-corrected chi connectivity index (χ1v) is 18.1. The van der Waals surface area contributed by atoms with Gasteiger partial charge in [0, 0.05) is 49.3 Å². The second-order valence-electron chi connectivity index (χ2n) is 13.5. The van der Waals surface area contributed by atoms with Crippen LogP contribution in [0.3, 0.4) is 0 Å². The maximum Gasteiger partial charge on any atom is 0.0645 e. The van der Waals surface area contributed by atoms with Crippen molar-refractivity contribution in [1.82, 2.24) is 13.7 Å². The Labute approximate surface area is 356 Å². The molecule has 0 saturated carbocycles. The van der Waals surface area contributed by atoms with Crippen LogP contribution in [0.5, 0.6) is 0 Å². The Morgan fingerprint density at radius 2 is 0.877 bits per heavy atom. The molecule has 0 N–H and O–H groups in total. The molecule has 3 heteroatoms. The van der Waals surface area contributed by atoms with Gasteiger partial charge in [-0.15, -0.1) is 0 Å². The fourth-order valence-corrected chi connectivity index (χ4v) is 8.00. The number of fused-ring (bicyclic) bond motifs is 9. The molecular formula is C54H35N3. The second kappa shape index (κ2) is 12.5. The molecule has 0 amide bonds. The number of rotatable bonds is 5. The summed E-state index contributed by atoms with van der Waals surface area (Å²) < 4.78 is 178. The van der Waals surface area contributed by atoms with Crippen molar-refractivity contribution in [2.45, 2.75) is 0 Å². The first-order chi connectivity index (χ1) is 36.2. The van der Waals surface area contributed by atoms with Crippen LogP contribution in [-0.2, 0) is 0 Å². The van der Waals surface area contributed by atoms with E-state index in [9.17, 15) is 13.7 Å². The van der Waals surface area contributed by atoms with Crippen LogP contribution < -0.4 is 0 Å². The largest absolute Gasteiger partial charge is 0.309 e. The lowest BCUT2D eigenvalue weighted by Crippen LogP contribution is -1.97. The predicted molar refractivity (Wildman–Crippen MR) is 240 cm³/mol. The molecule has 0 spiro atoms. The lowest BCUT2D eigenvalue weighted by molar-refractivity contribution is 1.17. The Balaban J connectivity index is 1.20. The standard InChI is InChI=1S/C54H35N3/c1-3-15-36(16-4-1)41-19-7-11-23-48(41)57-51-26-14-10-21-43(51)46-34-38(28-31-54(46)57)37-27-30-52-45(33-37)42-20-8-13-25-50(42)56(52)40-29-32-53-47(35-40)44-22-9-12-24-49(44)55(53)39-17-5-2-6-18-39/h1-35H/i2D,5D,6D,8D,10D,13D,14D,17D,18D,20D,21D,25D,26D,27D,28D,30D,31D,33D,34D. The van der Waals surface area contributed by atoms with Gasteiger partial charge in [0.1, 0.15) is 0 Å². The number of hydrogen-bond acceptors (Lipinski definition) is 0. The molecule has 3 nitrogen and oxygen atoms in total. The molecule has 0 unspecified atom stereocenters. The highest BCUT2D eigenvalue weighted by Crippen LogP contribution is 2.41. The highest BCUT2D eigenvalue weighted by Gasteiger charge is 2.19. The Kier molecular flexibility index (Phi) is 4.01. The fraction of sp³-hybridized carbons (Fsp3) is 0. The van der Waals surface area contributed by atoms with Crippen LogP contribution in [0.15, 0.2) is 212 Å². The number of nitrogens with zero attached hydrogens (tertiary/aromatic N) is 3. The van der Waals surface area contributed by atoms with E-state index in [-0.39, 0.29) is 55.0 Å². The van der Waals surface area contributed by atoms with E-state index >= 15 is 0 Å². The lowest BCUT2D eigenvalue weighted by Gasteiger charge is -2.14. The van der Waals surface area contributed by atoms with Crippen molar-refractivity contribution in [3.63, 3.8) is 0 Å². The van der Waals surface area contributed by atoms with Crippen LogP contribution >= 0.6 is 0 Å². The summed E-state index contributed by atoms with van der Waals surface area (Å²) in [5.74, 6) is 0. The molecule has 0 radical (unpaired) electrons. The second-order valence-corrected chi connectivity index (χ2v) is 13.5. The molecular weight excluding hydrogens is 691 g/mol. The minimum Gasteiger partial charge on any atom is -0.309 e. The SMILES string of the molecule is [2H]c1c([2H])c([2H])c(-n2c3ccccc3c3cc(-n4c5c([2H])c([2H])c([2H])c([2H])c5c5c([2H])c(-c6c([2H])c([2H])c7c(c6[2H])c6c([2H])c([2H])c([2H])c([2H])c6n7-c6ccccc6-c6ccccc6)c([2H])c([2H])c54)ccc32)c([2H])c1[2H]. The number of aromatic nitrogens is 3. The topological polar surface area (TPSA) is 14.8 Å². The highest BCUT2D eigenvalue weighted by molar-refractivity contribution is 6.14. The Bertz CT molecular complexity index is 4600. The van der Waals surface area contributed by atoms with Crippen molar-refractivity contribution in [3.05, 3.63) is 212 Å². The van der Waals surface area contributed by atoms with E-state index < -0.39 is 126 Å². The van der Waals surface area contributed by atoms with Gasteiger partial charge in [-0.1, -0.05) is 133 Å². The molecule has 0 aliphatic rings. The van der Waals surface area contributed by atoms with Crippen molar-refractivity contribution in [2.24, 2.45) is 0 Å². The zero-order valence-corrected chi connectivity index (χ0v) is 29.6. The van der Waals surface area contributed by atoms with Crippen LogP contribution in [-0.4, -0.2) is 13.7 Å². The number of para-hydroxylation sites is 5. The van der Waals surface area contributed by atoms with Crippen molar-refractivity contribution >= 4 is 65.4 Å². The summed E-state index contributed by atoms with van der Waals surface area (Å²) in [7, 11) is 0. The van der Waals surface area contributed by atoms with Crippen LogP contribution in [0, 0.1) is 0 Å². The maximum absolute atomic E-state index is 10.0. The minimum absolute atomic E-state index is 0.0933. The molecule has 0 fully saturated rings. The van der Waals surface area contributed by atoms with E-state index in [0.29, 0.717) is 33.1 Å². The molecule has 0 saturated heterocycles. The van der Waals surface area contributed by atoms with Gasteiger partial charge in [0.05, 0.1) is 64.8 Å². The molecule has 0 atom stereocenters. The molecule has 0 aliphatic heterocycles. The van der Waals surface area contributed by atoms with Crippen LogP contribution in [0.4, 0.5) is 0 Å². The van der Waals surface area contributed by atoms with Crippen molar-refractivity contribution < 1.29 is 26.0 Å². The van der Waals surface area contributed by atoms with E-state index in [2.05, 4.69) is 0 Å². The van der Waals surface area contributed by atoms with Crippen LogP contribution in [0.25, 0.3) is 105 Å². The Morgan fingerprint density at radius 1 is 0.316 bits per heavy atom. The van der Waals surface area contributed by atoms with Crippen molar-refractivity contribution in [1.29, 1.82) is 0 Å². The summed E-state index contributed by atoms with van der Waals surface area (Å²) in [6, 6.07) is 16.8. The predicted octanol–water partition coefficient (Wildman–Crippen LogP) is 14.3. The average molecular weight is 745 g/mol. The smallest absolute Gasteiger partial charge is 0.0645 e. The molecule has 3 heterocycles. The molecule has 266 valence electrons. The fourth-order valence-electron chi connectivity index (χ4n) is 8.00. The average Bonchev–Trinajstić information content (AvgIpc) is 4.09. The third-order valence-corrected chi connectivity index (χ3v) is 10.4. The minimum atomic E-state index is -0.712. The zero-order chi connectivity index (χ0) is 54.0. The third kappa shape index (κ3) is 4.79. The van der Waals surface area contributed by atoms with E-state index in [1.165, 1.54) is 13.7 Å². The van der Waals surface area contributed by atoms with Gasteiger partial charge >= 0.3 is 0 Å². The van der Waals surface area contributed by atoms with E-state index in [4.69, 9.17) is 12.3 Å². The lowest BCUT2D eigenvalue weighted by atomic mass is 10.0. The summed E-state index contributed by atoms with van der Waals surface area (Å²) in [6.07, 6.45) is 0.